The number of halogens is 1. The van der Waals surface area contributed by atoms with Crippen LogP contribution in [0.5, 0.6) is 0 Å². The molecule has 1 aromatic carbocycles. The number of fused-ring (bicyclic) bond motifs is 2. The number of hydrogen-bond acceptors (Lipinski definition) is 6. The van der Waals surface area contributed by atoms with E-state index in [9.17, 15) is 9.59 Å². The molecule has 8 nitrogen and oxygen atoms in total. The van der Waals surface area contributed by atoms with E-state index in [1.165, 1.54) is 6.33 Å². The van der Waals surface area contributed by atoms with Crippen molar-refractivity contribution in [2.75, 3.05) is 29.9 Å². The van der Waals surface area contributed by atoms with E-state index in [0.29, 0.717) is 36.9 Å². The molecule has 0 radical (unpaired) electrons. The summed E-state index contributed by atoms with van der Waals surface area (Å²) in [5.41, 5.74) is 2.00. The quantitative estimate of drug-likeness (QED) is 0.635. The van der Waals surface area contributed by atoms with E-state index >= 15 is 0 Å². The normalized spacial score (nSPS) is 24.4. The second-order valence-corrected chi connectivity index (χ2v) is 10.7. The predicted octanol–water partition coefficient (Wildman–Crippen LogP) is 3.54. The van der Waals surface area contributed by atoms with Crippen LogP contribution in [0.2, 0.25) is 5.02 Å². The molecule has 2 N–H and O–H groups in total. The summed E-state index contributed by atoms with van der Waals surface area (Å²) in [6.45, 7) is 8.19. The van der Waals surface area contributed by atoms with Gasteiger partial charge in [-0.05, 0) is 36.5 Å². The molecule has 1 aromatic heterocycles. The first-order valence-corrected chi connectivity index (χ1v) is 12.9. The van der Waals surface area contributed by atoms with Gasteiger partial charge < -0.3 is 20.4 Å². The molecular weight excluding hydrogens is 464 g/mol. The molecule has 0 spiro atoms. The first kappa shape index (κ1) is 24.0. The molecule has 1 saturated heterocycles. The van der Waals surface area contributed by atoms with Gasteiger partial charge in [0.15, 0.2) is 0 Å². The zero-order valence-electron chi connectivity index (χ0n) is 20.5. The third-order valence-electron chi connectivity index (χ3n) is 7.55. The molecule has 3 heterocycles. The Labute approximate surface area is 211 Å². The summed E-state index contributed by atoms with van der Waals surface area (Å²) in [6.07, 6.45) is 3.97. The lowest BCUT2D eigenvalue weighted by Crippen LogP contribution is -2.67. The first-order chi connectivity index (χ1) is 16.8. The highest BCUT2D eigenvalue weighted by Gasteiger charge is 2.47. The van der Waals surface area contributed by atoms with Crippen LogP contribution in [0, 0.1) is 0 Å². The molecule has 2 aliphatic heterocycles. The van der Waals surface area contributed by atoms with Crippen LogP contribution in [0.3, 0.4) is 0 Å². The number of amides is 2. The lowest BCUT2D eigenvalue weighted by atomic mass is 9.80. The number of benzene rings is 1. The average molecular weight is 497 g/mol. The Kier molecular flexibility index (Phi) is 6.68. The lowest BCUT2D eigenvalue weighted by Gasteiger charge is -2.55. The minimum absolute atomic E-state index is 0.00478. The highest BCUT2D eigenvalue weighted by molar-refractivity contribution is 6.30. The number of piperazine rings is 1. The van der Waals surface area contributed by atoms with Gasteiger partial charge in [-0.1, -0.05) is 44.5 Å². The Morgan fingerprint density at radius 1 is 1.17 bits per heavy atom. The molecular formula is C26H33ClN6O2. The van der Waals surface area contributed by atoms with Crippen LogP contribution in [0.25, 0.3) is 0 Å². The fraction of sp³-hybridized carbons (Fsp3) is 0.538. The maximum absolute atomic E-state index is 13.9. The second kappa shape index (κ2) is 9.74. The Morgan fingerprint density at radius 3 is 2.60 bits per heavy atom. The van der Waals surface area contributed by atoms with Gasteiger partial charge in [-0.25, -0.2) is 9.97 Å². The highest BCUT2D eigenvalue weighted by Crippen LogP contribution is 2.42. The van der Waals surface area contributed by atoms with E-state index in [1.54, 1.807) is 0 Å². The van der Waals surface area contributed by atoms with Crippen molar-refractivity contribution in [3.63, 3.8) is 0 Å². The van der Waals surface area contributed by atoms with Crippen LogP contribution in [0.4, 0.5) is 11.6 Å². The Hall–Kier alpha value is -2.71. The topological polar surface area (TPSA) is 90.5 Å². The molecule has 2 aromatic rings. The van der Waals surface area contributed by atoms with Gasteiger partial charge in [0.25, 0.3) is 0 Å². The molecule has 5 rings (SSSR count). The van der Waals surface area contributed by atoms with Crippen LogP contribution >= 0.6 is 11.6 Å². The smallest absolute Gasteiger partial charge is 0.231 e. The van der Waals surface area contributed by atoms with Crippen LogP contribution in [0.15, 0.2) is 30.6 Å². The fourth-order valence-electron chi connectivity index (χ4n) is 5.60. The SMILES string of the molecule is CC(C)NC[C@@H](C(=O)N1CCN(c2ncnc3c2[C@H](C)CC(=O)N3)[C@H]2CC[C@H]21)c1ccc(Cl)cc1. The summed E-state index contributed by atoms with van der Waals surface area (Å²) >= 11 is 6.12. The van der Waals surface area contributed by atoms with Gasteiger partial charge in [0.2, 0.25) is 11.8 Å². The first-order valence-electron chi connectivity index (χ1n) is 12.5. The molecule has 2 fully saturated rings. The number of hydrogen-bond donors (Lipinski definition) is 2. The molecule has 1 aliphatic carbocycles. The summed E-state index contributed by atoms with van der Waals surface area (Å²) in [4.78, 5) is 39.4. The Balaban J connectivity index is 1.38. The molecule has 3 aliphatic rings. The number of carbonyl (C=O) groups is 2. The van der Waals surface area contributed by atoms with Crippen molar-refractivity contribution >= 4 is 35.1 Å². The number of nitrogens with zero attached hydrogens (tertiary/aromatic N) is 4. The van der Waals surface area contributed by atoms with Crippen LogP contribution < -0.4 is 15.5 Å². The predicted molar refractivity (Wildman–Crippen MR) is 137 cm³/mol. The fourth-order valence-corrected chi connectivity index (χ4v) is 5.73. The number of nitrogens with one attached hydrogen (secondary N) is 2. The molecule has 0 unspecified atom stereocenters. The van der Waals surface area contributed by atoms with Crippen molar-refractivity contribution < 1.29 is 9.59 Å². The standard InChI is InChI=1S/C26H33ClN6O2/c1-15(2)28-13-19(17-4-6-18(27)7-5-17)26(35)33-11-10-32(20-8-9-21(20)33)25-23-16(3)12-22(34)31-24(23)29-14-30-25/h4-7,14-16,19-21,28H,8-13H2,1-3H3,(H,29,30,31,34)/t16-,19-,20+,21-/m1/s1. The number of carbonyl (C=O) groups excluding carboxylic acids is 2. The molecule has 2 amide bonds. The van der Waals surface area contributed by atoms with E-state index in [1.807, 2.05) is 24.3 Å². The van der Waals surface area contributed by atoms with Gasteiger partial charge in [-0.3, -0.25) is 9.59 Å². The summed E-state index contributed by atoms with van der Waals surface area (Å²) in [7, 11) is 0. The summed E-state index contributed by atoms with van der Waals surface area (Å²) in [6, 6.07) is 8.31. The molecule has 9 heteroatoms. The molecule has 0 bridgehead atoms. The van der Waals surface area contributed by atoms with Gasteiger partial charge in [0.1, 0.15) is 18.0 Å². The Morgan fingerprint density at radius 2 is 1.91 bits per heavy atom. The van der Waals surface area contributed by atoms with Crippen molar-refractivity contribution in [3.8, 4) is 0 Å². The molecule has 1 saturated carbocycles. The van der Waals surface area contributed by atoms with Gasteiger partial charge >= 0.3 is 0 Å². The third kappa shape index (κ3) is 4.61. The highest BCUT2D eigenvalue weighted by atomic mass is 35.5. The number of anilines is 2. The zero-order valence-corrected chi connectivity index (χ0v) is 21.3. The molecule has 35 heavy (non-hydrogen) atoms. The van der Waals surface area contributed by atoms with Gasteiger partial charge in [-0.15, -0.1) is 0 Å². The Bertz CT molecular complexity index is 1110. The third-order valence-corrected chi connectivity index (χ3v) is 7.80. The maximum atomic E-state index is 13.9. The second-order valence-electron chi connectivity index (χ2n) is 10.2. The van der Waals surface area contributed by atoms with Crippen molar-refractivity contribution in [1.82, 2.24) is 20.2 Å². The minimum atomic E-state index is -0.260. The van der Waals surface area contributed by atoms with Crippen molar-refractivity contribution in [2.45, 2.75) is 70.0 Å². The van der Waals surface area contributed by atoms with Crippen LogP contribution in [0.1, 0.15) is 63.0 Å². The van der Waals surface area contributed by atoms with Crippen LogP contribution in [-0.2, 0) is 9.59 Å². The summed E-state index contributed by atoms with van der Waals surface area (Å²) < 4.78 is 0. The monoisotopic (exact) mass is 496 g/mol. The molecule has 4 atom stereocenters. The van der Waals surface area contributed by atoms with E-state index in [0.717, 1.165) is 29.8 Å². The lowest BCUT2D eigenvalue weighted by molar-refractivity contribution is -0.138. The summed E-state index contributed by atoms with van der Waals surface area (Å²) in [5.74, 6) is 1.49. The van der Waals surface area contributed by atoms with E-state index in [-0.39, 0.29) is 41.8 Å². The average Bonchev–Trinajstić information content (AvgIpc) is 2.79. The van der Waals surface area contributed by atoms with Crippen LogP contribution in [-0.4, -0.2) is 64.4 Å². The van der Waals surface area contributed by atoms with Gasteiger partial charge in [-0.2, -0.15) is 0 Å². The van der Waals surface area contributed by atoms with E-state index < -0.39 is 0 Å². The maximum Gasteiger partial charge on any atom is 0.231 e. The van der Waals surface area contributed by atoms with E-state index in [2.05, 4.69) is 51.2 Å². The van der Waals surface area contributed by atoms with Crippen molar-refractivity contribution in [3.05, 3.63) is 46.7 Å². The molecule has 186 valence electrons. The minimum Gasteiger partial charge on any atom is -0.349 e. The largest absolute Gasteiger partial charge is 0.349 e. The van der Waals surface area contributed by atoms with Gasteiger partial charge in [0, 0.05) is 42.7 Å². The van der Waals surface area contributed by atoms with Crippen molar-refractivity contribution in [1.29, 1.82) is 0 Å². The number of aromatic nitrogens is 2. The number of rotatable bonds is 6. The summed E-state index contributed by atoms with van der Waals surface area (Å²) in [5, 5.41) is 7.03. The van der Waals surface area contributed by atoms with Gasteiger partial charge in [0.05, 0.1) is 18.0 Å². The zero-order chi connectivity index (χ0) is 24.7. The van der Waals surface area contributed by atoms with E-state index in [4.69, 9.17) is 11.6 Å². The van der Waals surface area contributed by atoms with Crippen molar-refractivity contribution in [2.24, 2.45) is 0 Å².